The van der Waals surface area contributed by atoms with Gasteiger partial charge in [0, 0.05) is 0 Å². The summed E-state index contributed by atoms with van der Waals surface area (Å²) in [5.41, 5.74) is 4.76. The first-order valence-electron chi connectivity index (χ1n) is 6.79. The Morgan fingerprint density at radius 1 is 1.05 bits per heavy atom. The number of rotatable bonds is 4. The van der Waals surface area contributed by atoms with E-state index in [1.807, 2.05) is 18.2 Å². The van der Waals surface area contributed by atoms with Crippen LogP contribution in [-0.2, 0) is 0 Å². The van der Waals surface area contributed by atoms with Crippen molar-refractivity contribution in [2.45, 2.75) is 26.8 Å². The summed E-state index contributed by atoms with van der Waals surface area (Å²) >= 11 is 12.6. The highest BCUT2D eigenvalue weighted by atomic mass is 35.5. The van der Waals surface area contributed by atoms with Crippen LogP contribution in [0.2, 0.25) is 10.0 Å². The highest BCUT2D eigenvalue weighted by Crippen LogP contribution is 2.34. The standard InChI is InChI=1S/C17H19Cl2N/c1-4-20-17(13-6-5-7-15(18)16(13)19)14-10-11(2)8-9-12(14)3/h5-10,17,20H,4H2,1-3H3. The summed E-state index contributed by atoms with van der Waals surface area (Å²) in [7, 11) is 0. The van der Waals surface area contributed by atoms with Crippen LogP contribution in [0.15, 0.2) is 36.4 Å². The van der Waals surface area contributed by atoms with Gasteiger partial charge in [0.05, 0.1) is 16.1 Å². The molecule has 0 aromatic heterocycles. The fourth-order valence-electron chi connectivity index (χ4n) is 2.41. The Kier molecular flexibility index (Phi) is 5.09. The quantitative estimate of drug-likeness (QED) is 0.807. The normalized spacial score (nSPS) is 12.4. The van der Waals surface area contributed by atoms with E-state index in [-0.39, 0.29) is 6.04 Å². The molecule has 0 amide bonds. The van der Waals surface area contributed by atoms with Gasteiger partial charge in [-0.1, -0.05) is 66.0 Å². The average Bonchev–Trinajstić information content (AvgIpc) is 2.43. The van der Waals surface area contributed by atoms with Crippen LogP contribution in [0.4, 0.5) is 0 Å². The Labute approximate surface area is 130 Å². The van der Waals surface area contributed by atoms with Crippen LogP contribution in [0.5, 0.6) is 0 Å². The van der Waals surface area contributed by atoms with Crippen LogP contribution in [-0.4, -0.2) is 6.54 Å². The first kappa shape index (κ1) is 15.4. The maximum absolute atomic E-state index is 6.39. The maximum Gasteiger partial charge on any atom is 0.0643 e. The van der Waals surface area contributed by atoms with Gasteiger partial charge in [-0.25, -0.2) is 0 Å². The number of hydrogen-bond acceptors (Lipinski definition) is 1. The van der Waals surface area contributed by atoms with E-state index in [9.17, 15) is 0 Å². The van der Waals surface area contributed by atoms with Crippen LogP contribution in [0.25, 0.3) is 0 Å². The molecule has 1 atom stereocenters. The molecule has 0 saturated carbocycles. The maximum atomic E-state index is 6.39. The smallest absolute Gasteiger partial charge is 0.0643 e. The van der Waals surface area contributed by atoms with Crippen molar-refractivity contribution in [1.29, 1.82) is 0 Å². The Bertz CT molecular complexity index is 606. The summed E-state index contributed by atoms with van der Waals surface area (Å²) in [6.45, 7) is 7.18. The fraction of sp³-hybridized carbons (Fsp3) is 0.294. The topological polar surface area (TPSA) is 12.0 Å². The van der Waals surface area contributed by atoms with E-state index < -0.39 is 0 Å². The zero-order valence-corrected chi connectivity index (χ0v) is 13.5. The van der Waals surface area contributed by atoms with Gasteiger partial charge in [0.2, 0.25) is 0 Å². The van der Waals surface area contributed by atoms with Crippen LogP contribution < -0.4 is 5.32 Å². The first-order valence-corrected chi connectivity index (χ1v) is 7.54. The van der Waals surface area contributed by atoms with Gasteiger partial charge < -0.3 is 5.32 Å². The van der Waals surface area contributed by atoms with Crippen molar-refractivity contribution in [3.05, 3.63) is 68.7 Å². The van der Waals surface area contributed by atoms with E-state index in [1.165, 1.54) is 16.7 Å². The van der Waals surface area contributed by atoms with Gasteiger partial charge in [-0.15, -0.1) is 0 Å². The van der Waals surface area contributed by atoms with E-state index >= 15 is 0 Å². The van der Waals surface area contributed by atoms with Crippen LogP contribution in [0.1, 0.15) is 35.2 Å². The number of hydrogen-bond donors (Lipinski definition) is 1. The van der Waals surface area contributed by atoms with Gasteiger partial charge in [0.1, 0.15) is 0 Å². The zero-order valence-electron chi connectivity index (χ0n) is 12.0. The average molecular weight is 308 g/mol. The molecule has 0 heterocycles. The van der Waals surface area contributed by atoms with Crippen LogP contribution >= 0.6 is 23.2 Å². The fourth-order valence-corrected chi connectivity index (χ4v) is 2.82. The summed E-state index contributed by atoms with van der Waals surface area (Å²) in [4.78, 5) is 0. The second-order valence-electron chi connectivity index (χ2n) is 4.99. The van der Waals surface area contributed by atoms with Crippen molar-refractivity contribution >= 4 is 23.2 Å². The summed E-state index contributed by atoms with van der Waals surface area (Å²) < 4.78 is 0. The van der Waals surface area contributed by atoms with E-state index in [4.69, 9.17) is 23.2 Å². The van der Waals surface area contributed by atoms with E-state index in [1.54, 1.807) is 0 Å². The second-order valence-corrected chi connectivity index (χ2v) is 5.78. The molecule has 0 saturated heterocycles. The van der Waals surface area contributed by atoms with Gasteiger partial charge in [0.15, 0.2) is 0 Å². The number of nitrogens with one attached hydrogen (secondary N) is 1. The van der Waals surface area contributed by atoms with Gasteiger partial charge in [-0.05, 0) is 43.1 Å². The molecule has 2 aromatic rings. The van der Waals surface area contributed by atoms with Gasteiger partial charge in [-0.3, -0.25) is 0 Å². The van der Waals surface area contributed by atoms with Crippen molar-refractivity contribution in [1.82, 2.24) is 5.32 Å². The van der Waals surface area contributed by atoms with Gasteiger partial charge in [-0.2, -0.15) is 0 Å². The largest absolute Gasteiger partial charge is 0.306 e. The highest BCUT2D eigenvalue weighted by Gasteiger charge is 2.19. The molecule has 106 valence electrons. The monoisotopic (exact) mass is 307 g/mol. The molecule has 0 aliphatic rings. The number of aryl methyl sites for hydroxylation is 2. The third kappa shape index (κ3) is 3.17. The molecule has 3 heteroatoms. The lowest BCUT2D eigenvalue weighted by Crippen LogP contribution is -2.23. The molecule has 0 spiro atoms. The molecule has 0 aliphatic heterocycles. The third-order valence-electron chi connectivity index (χ3n) is 3.45. The Hall–Kier alpha value is -1.02. The first-order chi connectivity index (χ1) is 9.54. The Morgan fingerprint density at radius 3 is 2.50 bits per heavy atom. The molecule has 0 fully saturated rings. The molecular weight excluding hydrogens is 289 g/mol. The Morgan fingerprint density at radius 2 is 1.80 bits per heavy atom. The van der Waals surface area contributed by atoms with Crippen molar-refractivity contribution < 1.29 is 0 Å². The lowest BCUT2D eigenvalue weighted by molar-refractivity contribution is 0.627. The molecule has 2 aromatic carbocycles. The number of halogens is 2. The SMILES string of the molecule is CCNC(c1cc(C)ccc1C)c1cccc(Cl)c1Cl. The van der Waals surface area contributed by atoms with E-state index in [0.29, 0.717) is 10.0 Å². The lowest BCUT2D eigenvalue weighted by Gasteiger charge is -2.23. The molecule has 1 N–H and O–H groups in total. The van der Waals surface area contributed by atoms with Gasteiger partial charge >= 0.3 is 0 Å². The minimum Gasteiger partial charge on any atom is -0.306 e. The molecule has 1 unspecified atom stereocenters. The van der Waals surface area contributed by atoms with E-state index in [2.05, 4.69) is 44.3 Å². The van der Waals surface area contributed by atoms with Gasteiger partial charge in [0.25, 0.3) is 0 Å². The second kappa shape index (κ2) is 6.62. The minimum atomic E-state index is 0.0612. The molecule has 1 nitrogen and oxygen atoms in total. The summed E-state index contributed by atoms with van der Waals surface area (Å²) in [5, 5.41) is 4.73. The van der Waals surface area contributed by atoms with Crippen LogP contribution in [0.3, 0.4) is 0 Å². The summed E-state index contributed by atoms with van der Waals surface area (Å²) in [6, 6.07) is 12.3. The predicted octanol–water partition coefficient (Wildman–Crippen LogP) is 5.31. The summed E-state index contributed by atoms with van der Waals surface area (Å²) in [5.74, 6) is 0. The summed E-state index contributed by atoms with van der Waals surface area (Å²) in [6.07, 6.45) is 0. The van der Waals surface area contributed by atoms with Crippen molar-refractivity contribution in [3.63, 3.8) is 0 Å². The highest BCUT2D eigenvalue weighted by molar-refractivity contribution is 6.42. The van der Waals surface area contributed by atoms with Crippen LogP contribution in [0, 0.1) is 13.8 Å². The Balaban J connectivity index is 2.56. The molecular formula is C17H19Cl2N. The lowest BCUT2D eigenvalue weighted by atomic mass is 9.93. The number of benzene rings is 2. The predicted molar refractivity (Wildman–Crippen MR) is 87.9 cm³/mol. The molecule has 0 bridgehead atoms. The van der Waals surface area contributed by atoms with E-state index in [0.717, 1.165) is 12.1 Å². The molecule has 2 rings (SSSR count). The van der Waals surface area contributed by atoms with Crippen molar-refractivity contribution in [3.8, 4) is 0 Å². The zero-order chi connectivity index (χ0) is 14.7. The van der Waals surface area contributed by atoms with Crippen molar-refractivity contribution in [2.24, 2.45) is 0 Å². The molecule has 0 radical (unpaired) electrons. The third-order valence-corrected chi connectivity index (χ3v) is 4.28. The molecule has 0 aliphatic carbocycles. The minimum absolute atomic E-state index is 0.0612. The van der Waals surface area contributed by atoms with Crippen molar-refractivity contribution in [2.75, 3.05) is 6.54 Å². The molecule has 20 heavy (non-hydrogen) atoms.